The highest BCUT2D eigenvalue weighted by Gasteiger charge is 2.12. The number of hydrogen-bond acceptors (Lipinski definition) is 4. The first-order valence-corrected chi connectivity index (χ1v) is 6.87. The molecule has 1 heterocycles. The van der Waals surface area contributed by atoms with Crippen LogP contribution in [0.25, 0.3) is 11.0 Å². The van der Waals surface area contributed by atoms with Crippen LogP contribution in [0.3, 0.4) is 0 Å². The van der Waals surface area contributed by atoms with Gasteiger partial charge in [-0.15, -0.1) is 5.10 Å². The zero-order chi connectivity index (χ0) is 15.4. The lowest BCUT2D eigenvalue weighted by Crippen LogP contribution is -2.27. The number of carboxylic acid groups (broad SMARTS) is 1. The minimum atomic E-state index is -0.859. The highest BCUT2D eigenvalue weighted by Crippen LogP contribution is 2.13. The van der Waals surface area contributed by atoms with E-state index in [4.69, 9.17) is 5.11 Å². The van der Waals surface area contributed by atoms with Crippen LogP contribution >= 0.6 is 0 Å². The fraction of sp³-hybridized carbons (Fsp3) is 0.429. The second-order valence-corrected chi connectivity index (χ2v) is 4.89. The van der Waals surface area contributed by atoms with Gasteiger partial charge in [-0.2, -0.15) is 0 Å². The summed E-state index contributed by atoms with van der Waals surface area (Å²) in [7, 11) is 0. The Morgan fingerprint density at radius 3 is 2.86 bits per heavy atom. The second-order valence-electron chi connectivity index (χ2n) is 4.89. The largest absolute Gasteiger partial charge is 0.481 e. The molecule has 0 aliphatic carbocycles. The van der Waals surface area contributed by atoms with Crippen molar-refractivity contribution < 1.29 is 14.7 Å². The Balaban J connectivity index is 2.01. The SMILES string of the molecule is CCn1nnc2cc(C(=O)NCCC(C)C(=O)O)ccc21. The summed E-state index contributed by atoms with van der Waals surface area (Å²) in [5.41, 5.74) is 2.05. The highest BCUT2D eigenvalue weighted by atomic mass is 16.4. The van der Waals surface area contributed by atoms with Gasteiger partial charge in [0.25, 0.3) is 5.91 Å². The molecule has 0 saturated carbocycles. The number of amides is 1. The molecule has 0 bridgehead atoms. The van der Waals surface area contributed by atoms with Crippen LogP contribution in [0, 0.1) is 5.92 Å². The standard InChI is InChI=1S/C14H18N4O3/c1-3-18-12-5-4-10(8-11(12)16-17-18)13(19)15-7-6-9(2)14(20)21/h4-5,8-9H,3,6-7H2,1-2H3,(H,15,19)(H,20,21). The van der Waals surface area contributed by atoms with E-state index < -0.39 is 11.9 Å². The minimum absolute atomic E-state index is 0.236. The Kier molecular flexibility index (Phi) is 4.52. The predicted molar refractivity (Wildman–Crippen MR) is 77.0 cm³/mol. The number of nitrogens with one attached hydrogen (secondary N) is 1. The van der Waals surface area contributed by atoms with Crippen LogP contribution < -0.4 is 5.32 Å². The molecule has 1 atom stereocenters. The number of aliphatic carboxylic acids is 1. The van der Waals surface area contributed by atoms with E-state index in [2.05, 4.69) is 15.6 Å². The second kappa shape index (κ2) is 6.34. The van der Waals surface area contributed by atoms with Crippen molar-refractivity contribution in [1.29, 1.82) is 0 Å². The summed E-state index contributed by atoms with van der Waals surface area (Å²) in [4.78, 5) is 22.7. The van der Waals surface area contributed by atoms with Crippen molar-refractivity contribution in [2.24, 2.45) is 5.92 Å². The predicted octanol–water partition coefficient (Wildman–Crippen LogP) is 1.29. The van der Waals surface area contributed by atoms with Crippen LogP contribution in [0.15, 0.2) is 18.2 Å². The average Bonchev–Trinajstić information content (AvgIpc) is 2.88. The van der Waals surface area contributed by atoms with Crippen molar-refractivity contribution in [1.82, 2.24) is 20.3 Å². The molecule has 2 N–H and O–H groups in total. The van der Waals surface area contributed by atoms with E-state index in [1.807, 2.05) is 13.0 Å². The van der Waals surface area contributed by atoms with Gasteiger partial charge in [-0.25, -0.2) is 4.68 Å². The lowest BCUT2D eigenvalue weighted by molar-refractivity contribution is -0.141. The minimum Gasteiger partial charge on any atom is -0.481 e. The van der Waals surface area contributed by atoms with E-state index in [-0.39, 0.29) is 5.91 Å². The van der Waals surface area contributed by atoms with Crippen LogP contribution in [-0.2, 0) is 11.3 Å². The van der Waals surface area contributed by atoms with Gasteiger partial charge in [0.1, 0.15) is 5.52 Å². The molecule has 7 nitrogen and oxygen atoms in total. The number of aryl methyl sites for hydroxylation is 1. The van der Waals surface area contributed by atoms with Gasteiger partial charge in [-0.05, 0) is 31.5 Å². The molecular weight excluding hydrogens is 272 g/mol. The number of aromatic nitrogens is 3. The van der Waals surface area contributed by atoms with Crippen LogP contribution in [0.4, 0.5) is 0 Å². The van der Waals surface area contributed by atoms with Gasteiger partial charge < -0.3 is 10.4 Å². The molecular formula is C14H18N4O3. The lowest BCUT2D eigenvalue weighted by atomic mass is 10.1. The summed E-state index contributed by atoms with van der Waals surface area (Å²) in [5, 5.41) is 19.5. The molecule has 1 aromatic carbocycles. The third-order valence-electron chi connectivity index (χ3n) is 3.36. The van der Waals surface area contributed by atoms with Crippen molar-refractivity contribution in [2.45, 2.75) is 26.8 Å². The number of rotatable bonds is 6. The molecule has 2 aromatic rings. The molecule has 0 saturated heterocycles. The van der Waals surface area contributed by atoms with Gasteiger partial charge in [0, 0.05) is 18.7 Å². The maximum atomic E-state index is 12.0. The Bertz CT molecular complexity index is 665. The van der Waals surface area contributed by atoms with Crippen molar-refractivity contribution >= 4 is 22.9 Å². The van der Waals surface area contributed by atoms with E-state index in [0.717, 1.165) is 12.1 Å². The number of benzene rings is 1. The molecule has 0 fully saturated rings. The smallest absolute Gasteiger partial charge is 0.306 e. The van der Waals surface area contributed by atoms with E-state index in [0.29, 0.717) is 24.0 Å². The Morgan fingerprint density at radius 2 is 2.19 bits per heavy atom. The maximum Gasteiger partial charge on any atom is 0.306 e. The van der Waals surface area contributed by atoms with Gasteiger partial charge in [-0.3, -0.25) is 9.59 Å². The fourth-order valence-corrected chi connectivity index (χ4v) is 1.97. The molecule has 7 heteroatoms. The molecule has 0 spiro atoms. The van der Waals surface area contributed by atoms with E-state index >= 15 is 0 Å². The van der Waals surface area contributed by atoms with E-state index in [1.165, 1.54) is 0 Å². The Labute approximate surface area is 121 Å². The molecule has 1 unspecified atom stereocenters. The summed E-state index contributed by atoms with van der Waals surface area (Å²) in [6.07, 6.45) is 0.398. The Hall–Kier alpha value is -2.44. The molecule has 0 aliphatic rings. The van der Waals surface area contributed by atoms with Crippen LogP contribution in [0.5, 0.6) is 0 Å². The molecule has 112 valence electrons. The third kappa shape index (κ3) is 3.36. The summed E-state index contributed by atoms with van der Waals surface area (Å²) in [6.45, 7) is 4.63. The number of carbonyl (C=O) groups excluding carboxylic acids is 1. The Morgan fingerprint density at radius 1 is 1.43 bits per heavy atom. The first-order chi connectivity index (χ1) is 10.0. The van der Waals surface area contributed by atoms with Crippen LogP contribution in [-0.4, -0.2) is 38.5 Å². The molecule has 1 aromatic heterocycles. The quantitative estimate of drug-likeness (QED) is 0.835. The first-order valence-electron chi connectivity index (χ1n) is 6.87. The maximum absolute atomic E-state index is 12.0. The first kappa shape index (κ1) is 15.0. The summed E-state index contributed by atoms with van der Waals surface area (Å²) in [6, 6.07) is 5.21. The van der Waals surface area contributed by atoms with Gasteiger partial charge in [0.05, 0.1) is 11.4 Å². The number of hydrogen-bond donors (Lipinski definition) is 2. The number of carbonyl (C=O) groups is 2. The average molecular weight is 290 g/mol. The van der Waals surface area contributed by atoms with Gasteiger partial charge in [0.15, 0.2) is 0 Å². The van der Waals surface area contributed by atoms with E-state index in [9.17, 15) is 9.59 Å². The van der Waals surface area contributed by atoms with Crippen molar-refractivity contribution in [3.05, 3.63) is 23.8 Å². The summed E-state index contributed by atoms with van der Waals surface area (Å²) in [5.74, 6) is -1.57. The fourth-order valence-electron chi connectivity index (χ4n) is 1.97. The monoisotopic (exact) mass is 290 g/mol. The summed E-state index contributed by atoms with van der Waals surface area (Å²) < 4.78 is 1.76. The van der Waals surface area contributed by atoms with Crippen LogP contribution in [0.1, 0.15) is 30.6 Å². The molecule has 0 radical (unpaired) electrons. The zero-order valence-electron chi connectivity index (χ0n) is 12.0. The third-order valence-corrected chi connectivity index (χ3v) is 3.36. The summed E-state index contributed by atoms with van der Waals surface area (Å²) >= 11 is 0. The normalized spacial score (nSPS) is 12.3. The van der Waals surface area contributed by atoms with Gasteiger partial charge >= 0.3 is 5.97 Å². The van der Waals surface area contributed by atoms with Crippen LogP contribution in [0.2, 0.25) is 0 Å². The topological polar surface area (TPSA) is 97.1 Å². The molecule has 1 amide bonds. The molecule has 2 rings (SSSR count). The number of nitrogens with zero attached hydrogens (tertiary/aromatic N) is 3. The number of fused-ring (bicyclic) bond motifs is 1. The van der Waals surface area contributed by atoms with Gasteiger partial charge in [-0.1, -0.05) is 12.1 Å². The van der Waals surface area contributed by atoms with Gasteiger partial charge in [0.2, 0.25) is 0 Å². The van der Waals surface area contributed by atoms with E-state index in [1.54, 1.807) is 23.7 Å². The lowest BCUT2D eigenvalue weighted by Gasteiger charge is -2.08. The van der Waals surface area contributed by atoms with Crippen molar-refractivity contribution in [2.75, 3.05) is 6.54 Å². The molecule has 0 aliphatic heterocycles. The zero-order valence-corrected chi connectivity index (χ0v) is 12.0. The molecule has 21 heavy (non-hydrogen) atoms. The number of carboxylic acids is 1. The van der Waals surface area contributed by atoms with Crippen molar-refractivity contribution in [3.63, 3.8) is 0 Å². The van der Waals surface area contributed by atoms with Crippen molar-refractivity contribution in [3.8, 4) is 0 Å². The highest BCUT2D eigenvalue weighted by molar-refractivity contribution is 5.97.